The van der Waals surface area contributed by atoms with Crippen molar-refractivity contribution in [1.29, 1.82) is 0 Å². The number of aromatic nitrogens is 1. The number of dihydropyridines is 1. The van der Waals surface area contributed by atoms with Crippen molar-refractivity contribution in [3.8, 4) is 0 Å². The highest BCUT2D eigenvalue weighted by Crippen LogP contribution is 2.27. The van der Waals surface area contributed by atoms with Gasteiger partial charge in [-0.1, -0.05) is 30.3 Å². The number of fused-ring (bicyclic) bond motifs is 2. The van der Waals surface area contributed by atoms with Crippen molar-refractivity contribution in [2.45, 2.75) is 45.2 Å². The van der Waals surface area contributed by atoms with Crippen LogP contribution >= 0.6 is 0 Å². The van der Waals surface area contributed by atoms with Crippen molar-refractivity contribution in [3.63, 3.8) is 0 Å². The van der Waals surface area contributed by atoms with E-state index in [1.807, 2.05) is 6.21 Å². The summed E-state index contributed by atoms with van der Waals surface area (Å²) in [6.45, 7) is 8.20. The lowest BCUT2D eigenvalue weighted by Crippen LogP contribution is -2.47. The molecule has 32 heavy (non-hydrogen) atoms. The predicted molar refractivity (Wildman–Crippen MR) is 132 cm³/mol. The summed E-state index contributed by atoms with van der Waals surface area (Å²) in [6, 6.07) is 10.8. The van der Waals surface area contributed by atoms with Gasteiger partial charge in [0.05, 0.1) is 6.61 Å². The molecule has 0 bridgehead atoms. The Bertz CT molecular complexity index is 1040. The van der Waals surface area contributed by atoms with Crippen LogP contribution in [0.25, 0.3) is 10.8 Å². The number of unbranched alkanes of at least 4 members (excludes halogenated alkanes) is 1. The van der Waals surface area contributed by atoms with Crippen molar-refractivity contribution in [1.82, 2.24) is 9.88 Å². The molecule has 0 saturated carbocycles. The maximum Gasteiger partial charge on any atom is 0.189 e. The fraction of sp³-hybridized carbons (Fsp3) is 0.500. The third-order valence-electron chi connectivity index (χ3n) is 6.60. The summed E-state index contributed by atoms with van der Waals surface area (Å²) in [7, 11) is 0. The van der Waals surface area contributed by atoms with Crippen LogP contribution in [0.1, 0.15) is 37.8 Å². The van der Waals surface area contributed by atoms with Crippen LogP contribution in [0.2, 0.25) is 0 Å². The molecule has 168 valence electrons. The highest BCUT2D eigenvalue weighted by molar-refractivity contribution is 5.92. The number of ether oxygens (including phenoxy) is 1. The standard InChI is InChI=1S/C26H33N5O/c1-20-19-22-7-2-3-9-23(22)26(28-20)31-16-14-30(15-17-31)13-4-5-18-32-24-11-10-21-8-6-12-27-25(21)29-24/h2-3,7,9-10,12,19,25H,4-6,8,11,13-18H2,1H3. The molecule has 1 atom stereocenters. The topological polar surface area (TPSA) is 53.3 Å². The number of hydrogen-bond donors (Lipinski definition) is 0. The number of benzene rings is 1. The normalized spacial score (nSPS) is 21.3. The van der Waals surface area contributed by atoms with Gasteiger partial charge < -0.3 is 9.64 Å². The van der Waals surface area contributed by atoms with Crippen molar-refractivity contribution in [2.75, 3.05) is 44.2 Å². The average molecular weight is 432 g/mol. The van der Waals surface area contributed by atoms with Gasteiger partial charge in [0.25, 0.3) is 0 Å². The quantitative estimate of drug-likeness (QED) is 0.503. The zero-order chi connectivity index (χ0) is 21.8. The van der Waals surface area contributed by atoms with Gasteiger partial charge in [0.15, 0.2) is 12.1 Å². The van der Waals surface area contributed by atoms with Crippen LogP contribution in [0.3, 0.4) is 0 Å². The van der Waals surface area contributed by atoms with E-state index in [2.05, 4.69) is 63.1 Å². The number of anilines is 1. The third kappa shape index (κ3) is 4.85. The molecule has 6 nitrogen and oxygen atoms in total. The molecule has 4 heterocycles. The summed E-state index contributed by atoms with van der Waals surface area (Å²) < 4.78 is 5.94. The first-order valence-corrected chi connectivity index (χ1v) is 12.0. The van der Waals surface area contributed by atoms with Crippen LogP contribution in [0.4, 0.5) is 5.82 Å². The zero-order valence-electron chi connectivity index (χ0n) is 19.0. The van der Waals surface area contributed by atoms with Crippen LogP contribution in [0, 0.1) is 6.92 Å². The lowest BCUT2D eigenvalue weighted by molar-refractivity contribution is 0.233. The number of aliphatic imine (C=N–C) groups is 2. The number of pyridine rings is 1. The van der Waals surface area contributed by atoms with Crippen LogP contribution in [0.15, 0.2) is 52.0 Å². The van der Waals surface area contributed by atoms with Gasteiger partial charge >= 0.3 is 0 Å². The minimum absolute atomic E-state index is 0.0104. The molecular formula is C26H33N5O. The molecule has 0 aliphatic carbocycles. The van der Waals surface area contributed by atoms with Gasteiger partial charge in [0, 0.05) is 49.9 Å². The number of hydrogen-bond acceptors (Lipinski definition) is 6. The Morgan fingerprint density at radius 1 is 1.09 bits per heavy atom. The Labute approximate surface area is 190 Å². The lowest BCUT2D eigenvalue weighted by atomic mass is 10.0. The maximum atomic E-state index is 5.94. The number of nitrogens with zero attached hydrogens (tertiary/aromatic N) is 5. The smallest absolute Gasteiger partial charge is 0.189 e. The molecule has 6 heteroatoms. The molecule has 3 aliphatic rings. The van der Waals surface area contributed by atoms with Gasteiger partial charge in [-0.15, -0.1) is 0 Å². The maximum absolute atomic E-state index is 5.94. The first kappa shape index (κ1) is 21.1. The fourth-order valence-electron chi connectivity index (χ4n) is 4.82. The van der Waals surface area contributed by atoms with Crippen molar-refractivity contribution < 1.29 is 4.74 Å². The molecule has 0 N–H and O–H groups in total. The number of piperazine rings is 1. The predicted octanol–water partition coefficient (Wildman–Crippen LogP) is 4.38. The van der Waals surface area contributed by atoms with Crippen molar-refractivity contribution >= 4 is 28.7 Å². The first-order valence-electron chi connectivity index (χ1n) is 12.0. The Morgan fingerprint density at radius 2 is 1.97 bits per heavy atom. The number of aryl methyl sites for hydroxylation is 1. The van der Waals surface area contributed by atoms with Crippen molar-refractivity contribution in [3.05, 3.63) is 47.7 Å². The molecule has 5 rings (SSSR count). The molecule has 1 saturated heterocycles. The Kier molecular flexibility index (Phi) is 6.49. The highest BCUT2D eigenvalue weighted by Gasteiger charge is 2.21. The van der Waals surface area contributed by atoms with Gasteiger partial charge in [0.2, 0.25) is 0 Å². The van der Waals surface area contributed by atoms with E-state index in [1.165, 1.54) is 16.3 Å². The Balaban J connectivity index is 1.05. The van der Waals surface area contributed by atoms with E-state index in [9.17, 15) is 0 Å². The highest BCUT2D eigenvalue weighted by atomic mass is 16.5. The molecule has 0 spiro atoms. The molecule has 1 aromatic carbocycles. The van der Waals surface area contributed by atoms with Crippen LogP contribution in [-0.2, 0) is 4.74 Å². The van der Waals surface area contributed by atoms with E-state index in [0.29, 0.717) is 0 Å². The molecule has 2 aromatic rings. The van der Waals surface area contributed by atoms with E-state index in [-0.39, 0.29) is 6.17 Å². The summed E-state index contributed by atoms with van der Waals surface area (Å²) >= 11 is 0. The summed E-state index contributed by atoms with van der Waals surface area (Å²) in [5, 5.41) is 2.54. The van der Waals surface area contributed by atoms with Crippen molar-refractivity contribution in [2.24, 2.45) is 9.98 Å². The van der Waals surface area contributed by atoms with E-state index in [1.54, 1.807) is 0 Å². The van der Waals surface area contributed by atoms with E-state index in [4.69, 9.17) is 9.72 Å². The van der Waals surface area contributed by atoms with Gasteiger partial charge in [0.1, 0.15) is 5.82 Å². The van der Waals surface area contributed by atoms with Gasteiger partial charge in [-0.25, -0.2) is 9.98 Å². The second kappa shape index (κ2) is 9.82. The molecular weight excluding hydrogens is 398 g/mol. The second-order valence-corrected chi connectivity index (χ2v) is 8.94. The zero-order valence-corrected chi connectivity index (χ0v) is 19.0. The molecule has 1 aromatic heterocycles. The van der Waals surface area contributed by atoms with E-state index in [0.717, 1.165) is 88.8 Å². The van der Waals surface area contributed by atoms with Gasteiger partial charge in [-0.2, -0.15) is 0 Å². The summed E-state index contributed by atoms with van der Waals surface area (Å²) in [5.41, 5.74) is 2.44. The average Bonchev–Trinajstić information content (AvgIpc) is 2.83. The Morgan fingerprint density at radius 3 is 2.88 bits per heavy atom. The lowest BCUT2D eigenvalue weighted by Gasteiger charge is -2.36. The molecule has 1 fully saturated rings. The SMILES string of the molecule is Cc1cc2ccccc2c(N2CCN(CCCCOC3=NC4N=CCCC4=CC3)CC2)n1. The van der Waals surface area contributed by atoms with E-state index >= 15 is 0 Å². The Hall–Kier alpha value is -2.73. The van der Waals surface area contributed by atoms with Crippen LogP contribution in [0.5, 0.6) is 0 Å². The van der Waals surface area contributed by atoms with Gasteiger partial charge in [-0.05, 0) is 56.2 Å². The molecule has 0 radical (unpaired) electrons. The minimum Gasteiger partial charge on any atom is -0.481 e. The summed E-state index contributed by atoms with van der Waals surface area (Å²) in [5.74, 6) is 1.99. The van der Waals surface area contributed by atoms with Crippen LogP contribution < -0.4 is 4.90 Å². The fourth-order valence-corrected chi connectivity index (χ4v) is 4.82. The second-order valence-electron chi connectivity index (χ2n) is 8.94. The molecule has 0 amide bonds. The monoisotopic (exact) mass is 431 g/mol. The summed E-state index contributed by atoms with van der Waals surface area (Å²) in [6.07, 6.45) is 9.42. The largest absolute Gasteiger partial charge is 0.481 e. The van der Waals surface area contributed by atoms with Crippen LogP contribution in [-0.4, -0.2) is 67.5 Å². The minimum atomic E-state index is -0.0104. The molecule has 1 unspecified atom stereocenters. The van der Waals surface area contributed by atoms with E-state index < -0.39 is 0 Å². The third-order valence-corrected chi connectivity index (χ3v) is 6.60. The summed E-state index contributed by atoms with van der Waals surface area (Å²) in [4.78, 5) is 19.0. The molecule has 3 aliphatic heterocycles. The number of rotatable bonds is 6. The van der Waals surface area contributed by atoms with Gasteiger partial charge in [-0.3, -0.25) is 9.89 Å². The first-order chi connectivity index (χ1) is 15.8.